The molecule has 25 heavy (non-hydrogen) atoms. The lowest BCUT2D eigenvalue weighted by atomic mass is 10.0. The van der Waals surface area contributed by atoms with Crippen molar-refractivity contribution >= 4 is 16.7 Å². The van der Waals surface area contributed by atoms with Crippen LogP contribution in [0.1, 0.15) is 10.4 Å². The Hall–Kier alpha value is -3.46. The molecule has 3 heteroatoms. The maximum absolute atomic E-state index is 12.5. The van der Waals surface area contributed by atoms with E-state index in [9.17, 15) is 4.79 Å². The number of rotatable bonds is 3. The van der Waals surface area contributed by atoms with Crippen molar-refractivity contribution in [3.05, 3.63) is 103 Å². The van der Waals surface area contributed by atoms with Crippen molar-refractivity contribution in [1.29, 1.82) is 0 Å². The van der Waals surface area contributed by atoms with Crippen LogP contribution in [0.15, 0.2) is 97.2 Å². The smallest absolute Gasteiger partial charge is 0.264 e. The van der Waals surface area contributed by atoms with Gasteiger partial charge in [-0.25, -0.2) is 0 Å². The molecule has 0 aliphatic heterocycles. The fraction of sp³-hybridized carbons (Fsp3) is 0. The lowest BCUT2D eigenvalue weighted by Crippen LogP contribution is -2.49. The maximum atomic E-state index is 12.5. The third-order valence-corrected chi connectivity index (χ3v) is 4.18. The highest BCUT2D eigenvalue weighted by atomic mass is 16.2. The van der Waals surface area contributed by atoms with Gasteiger partial charge in [0, 0.05) is 17.7 Å². The fourth-order valence-corrected chi connectivity index (χ4v) is 2.97. The largest absolute Gasteiger partial charge is 0.305 e. The molecule has 0 aliphatic carbocycles. The standard InChI is InChI=1S/C22H16N2O/c25-22(18-10-2-1-3-11-18)23-24-16-7-6-15-21(24)20-14-8-12-17-9-4-5-13-19(17)20/h1-16H/p+1. The van der Waals surface area contributed by atoms with Gasteiger partial charge in [0.2, 0.25) is 11.9 Å². The summed E-state index contributed by atoms with van der Waals surface area (Å²) >= 11 is 0. The number of carbonyl (C=O) groups is 1. The molecule has 0 radical (unpaired) electrons. The van der Waals surface area contributed by atoms with Crippen molar-refractivity contribution in [2.24, 2.45) is 0 Å². The number of pyridine rings is 1. The first-order valence-electron chi connectivity index (χ1n) is 8.18. The SMILES string of the molecule is O=C(N[n+]1ccccc1-c1cccc2ccccc12)c1ccccc1. The van der Waals surface area contributed by atoms with E-state index in [4.69, 9.17) is 0 Å². The Balaban J connectivity index is 1.78. The predicted octanol–water partition coefficient (Wildman–Crippen LogP) is 4.18. The molecule has 0 unspecified atom stereocenters. The van der Waals surface area contributed by atoms with Gasteiger partial charge in [-0.2, -0.15) is 0 Å². The van der Waals surface area contributed by atoms with Crippen molar-refractivity contribution in [3.8, 4) is 11.3 Å². The number of aromatic nitrogens is 1. The van der Waals surface area contributed by atoms with Crippen LogP contribution in [-0.2, 0) is 0 Å². The maximum Gasteiger partial charge on any atom is 0.305 e. The highest BCUT2D eigenvalue weighted by Gasteiger charge is 2.18. The molecule has 0 bridgehead atoms. The molecule has 120 valence electrons. The first-order valence-corrected chi connectivity index (χ1v) is 8.18. The molecule has 0 atom stereocenters. The molecule has 1 heterocycles. The minimum Gasteiger partial charge on any atom is -0.264 e. The third kappa shape index (κ3) is 3.00. The van der Waals surface area contributed by atoms with Crippen LogP contribution in [0.2, 0.25) is 0 Å². The summed E-state index contributed by atoms with van der Waals surface area (Å²) in [5.41, 5.74) is 5.61. The average Bonchev–Trinajstić information content (AvgIpc) is 2.69. The summed E-state index contributed by atoms with van der Waals surface area (Å²) in [7, 11) is 0. The molecule has 0 saturated heterocycles. The molecule has 4 aromatic rings. The van der Waals surface area contributed by atoms with Gasteiger partial charge < -0.3 is 0 Å². The van der Waals surface area contributed by atoms with Crippen LogP contribution in [0.3, 0.4) is 0 Å². The summed E-state index contributed by atoms with van der Waals surface area (Å²) in [6.07, 6.45) is 1.86. The van der Waals surface area contributed by atoms with Crippen LogP contribution in [0, 0.1) is 0 Å². The zero-order valence-electron chi connectivity index (χ0n) is 13.6. The van der Waals surface area contributed by atoms with E-state index in [2.05, 4.69) is 29.7 Å². The molecule has 3 aromatic carbocycles. The molecule has 1 amide bonds. The number of nitrogens with one attached hydrogen (secondary N) is 1. The van der Waals surface area contributed by atoms with E-state index in [-0.39, 0.29) is 5.91 Å². The van der Waals surface area contributed by atoms with Gasteiger partial charge in [-0.1, -0.05) is 59.3 Å². The Kier molecular flexibility index (Phi) is 3.97. The Morgan fingerprint density at radius 3 is 2.32 bits per heavy atom. The number of benzene rings is 3. The molecule has 3 nitrogen and oxygen atoms in total. The minimum atomic E-state index is -0.140. The lowest BCUT2D eigenvalue weighted by molar-refractivity contribution is -0.630. The van der Waals surface area contributed by atoms with Gasteiger partial charge in [-0.3, -0.25) is 4.79 Å². The molecule has 0 aliphatic rings. The predicted molar refractivity (Wildman–Crippen MR) is 99.7 cm³/mol. The molecular weight excluding hydrogens is 308 g/mol. The summed E-state index contributed by atoms with van der Waals surface area (Å²) in [5, 5.41) is 2.32. The normalized spacial score (nSPS) is 10.6. The number of amides is 1. The Morgan fingerprint density at radius 1 is 0.720 bits per heavy atom. The van der Waals surface area contributed by atoms with Crippen LogP contribution in [0.4, 0.5) is 0 Å². The van der Waals surface area contributed by atoms with Gasteiger partial charge in [0.15, 0.2) is 0 Å². The second-order valence-electron chi connectivity index (χ2n) is 5.79. The highest BCUT2D eigenvalue weighted by molar-refractivity contribution is 5.99. The van der Waals surface area contributed by atoms with Crippen molar-refractivity contribution in [2.75, 3.05) is 5.43 Å². The van der Waals surface area contributed by atoms with E-state index in [0.29, 0.717) is 5.56 Å². The van der Waals surface area contributed by atoms with Gasteiger partial charge in [-0.15, -0.1) is 5.43 Å². The molecule has 1 N–H and O–H groups in total. The zero-order valence-corrected chi connectivity index (χ0v) is 13.6. The van der Waals surface area contributed by atoms with E-state index in [1.165, 1.54) is 5.39 Å². The van der Waals surface area contributed by atoms with Gasteiger partial charge in [0.05, 0.1) is 5.56 Å². The van der Waals surface area contributed by atoms with Crippen molar-refractivity contribution < 1.29 is 9.47 Å². The van der Waals surface area contributed by atoms with Crippen LogP contribution in [-0.4, -0.2) is 5.91 Å². The lowest BCUT2D eigenvalue weighted by Gasteiger charge is -2.07. The second kappa shape index (κ2) is 6.57. The van der Waals surface area contributed by atoms with Gasteiger partial charge in [0.25, 0.3) is 0 Å². The average molecular weight is 325 g/mol. The Labute approximate surface area is 146 Å². The van der Waals surface area contributed by atoms with E-state index in [1.807, 2.05) is 60.8 Å². The van der Waals surface area contributed by atoms with Gasteiger partial charge >= 0.3 is 5.91 Å². The quantitative estimate of drug-likeness (QED) is 0.563. The summed E-state index contributed by atoms with van der Waals surface area (Å²) in [4.78, 5) is 12.5. The minimum absolute atomic E-state index is 0.140. The fourth-order valence-electron chi connectivity index (χ4n) is 2.97. The summed E-state index contributed by atoms with van der Waals surface area (Å²) in [6, 6.07) is 29.5. The van der Waals surface area contributed by atoms with E-state index < -0.39 is 0 Å². The third-order valence-electron chi connectivity index (χ3n) is 4.18. The molecule has 4 rings (SSSR count). The van der Waals surface area contributed by atoms with Crippen molar-refractivity contribution in [3.63, 3.8) is 0 Å². The van der Waals surface area contributed by atoms with Crippen LogP contribution in [0.5, 0.6) is 0 Å². The number of hydrogen-bond donors (Lipinski definition) is 1. The Bertz CT molecular complexity index is 1040. The monoisotopic (exact) mass is 325 g/mol. The van der Waals surface area contributed by atoms with E-state index in [1.54, 1.807) is 16.8 Å². The number of fused-ring (bicyclic) bond motifs is 1. The van der Waals surface area contributed by atoms with Crippen LogP contribution >= 0.6 is 0 Å². The Morgan fingerprint density at radius 2 is 1.44 bits per heavy atom. The molecule has 0 saturated carbocycles. The van der Waals surface area contributed by atoms with Gasteiger partial charge in [-0.05, 0) is 35.0 Å². The summed E-state index contributed by atoms with van der Waals surface area (Å²) in [5.74, 6) is -0.140. The number of nitrogens with zero attached hydrogens (tertiary/aromatic N) is 1. The molecule has 1 aromatic heterocycles. The topological polar surface area (TPSA) is 33.0 Å². The summed E-state index contributed by atoms with van der Waals surface area (Å²) < 4.78 is 1.77. The van der Waals surface area contributed by atoms with Crippen molar-refractivity contribution in [1.82, 2.24) is 0 Å². The first-order chi connectivity index (χ1) is 12.3. The number of hydrogen-bond acceptors (Lipinski definition) is 1. The second-order valence-corrected chi connectivity index (χ2v) is 5.79. The molecular formula is C22H17N2O+. The van der Waals surface area contributed by atoms with Gasteiger partial charge in [0.1, 0.15) is 0 Å². The zero-order chi connectivity index (χ0) is 17.1. The van der Waals surface area contributed by atoms with Crippen LogP contribution in [0.25, 0.3) is 22.0 Å². The van der Waals surface area contributed by atoms with Crippen LogP contribution < -0.4 is 10.1 Å². The van der Waals surface area contributed by atoms with E-state index in [0.717, 1.165) is 16.6 Å². The molecule has 0 fully saturated rings. The first kappa shape index (κ1) is 15.1. The van der Waals surface area contributed by atoms with Crippen molar-refractivity contribution in [2.45, 2.75) is 0 Å². The number of carbonyl (C=O) groups excluding carboxylic acids is 1. The summed E-state index contributed by atoms with van der Waals surface area (Å²) in [6.45, 7) is 0. The highest BCUT2D eigenvalue weighted by Crippen LogP contribution is 2.26. The van der Waals surface area contributed by atoms with E-state index >= 15 is 0 Å². The molecule has 0 spiro atoms.